The quantitative estimate of drug-likeness (QED) is 0.201. The molecule has 2 heterocycles. The average Bonchev–Trinajstić information content (AvgIpc) is 3.70. The number of benzene rings is 8. The molecule has 0 amide bonds. The first-order valence-corrected chi connectivity index (χ1v) is 15.9. The van der Waals surface area contributed by atoms with Crippen molar-refractivity contribution in [3.8, 4) is 11.1 Å². The van der Waals surface area contributed by atoms with Gasteiger partial charge in [-0.25, -0.2) is 0 Å². The standard InChI is InChI=1S/C44H27NO2/c1-2-11-31(12-3-1)45(32-21-22-36-35-14-6-8-16-40(35)47-43(36)27-32)33-24-29-10-4-5-13-34(29)38(26-33)30-19-18-28-20-23-42-44(39(28)25-30)37-15-7-9-17-41(37)46-42/h1-27H. The number of hydrogen-bond acceptors (Lipinski definition) is 3. The Labute approximate surface area is 270 Å². The maximum Gasteiger partial charge on any atom is 0.137 e. The molecule has 0 atom stereocenters. The third-order valence-electron chi connectivity index (χ3n) is 9.41. The number of fused-ring (bicyclic) bond motifs is 9. The van der Waals surface area contributed by atoms with Gasteiger partial charge >= 0.3 is 0 Å². The molecule has 0 spiro atoms. The van der Waals surface area contributed by atoms with Crippen molar-refractivity contribution >= 4 is 82.5 Å². The smallest absolute Gasteiger partial charge is 0.137 e. The molecule has 0 saturated heterocycles. The minimum Gasteiger partial charge on any atom is -0.456 e. The zero-order valence-electron chi connectivity index (χ0n) is 25.4. The molecule has 0 radical (unpaired) electrons. The maximum atomic E-state index is 6.34. The van der Waals surface area contributed by atoms with E-state index in [1.807, 2.05) is 24.3 Å². The molecule has 3 heteroatoms. The number of anilines is 3. The molecule has 0 bridgehead atoms. The summed E-state index contributed by atoms with van der Waals surface area (Å²) in [6, 6.07) is 58.0. The molecule has 0 unspecified atom stereocenters. The zero-order chi connectivity index (χ0) is 30.9. The van der Waals surface area contributed by atoms with Crippen molar-refractivity contribution < 1.29 is 8.83 Å². The van der Waals surface area contributed by atoms with E-state index in [0.717, 1.165) is 66.5 Å². The SMILES string of the molecule is c1ccc(N(c2cc(-c3ccc4ccc5oc6ccccc6c5c4c3)c3ccccc3c2)c2ccc3c(c2)oc2ccccc23)cc1. The fraction of sp³-hybridized carbons (Fsp3) is 0. The Hall–Kier alpha value is -6.32. The number of hydrogen-bond donors (Lipinski definition) is 0. The first kappa shape index (κ1) is 26.0. The lowest BCUT2D eigenvalue weighted by atomic mass is 9.94. The van der Waals surface area contributed by atoms with E-state index in [0.29, 0.717) is 0 Å². The molecule has 220 valence electrons. The number of para-hydroxylation sites is 3. The fourth-order valence-electron chi connectivity index (χ4n) is 7.25. The van der Waals surface area contributed by atoms with Gasteiger partial charge in [-0.2, -0.15) is 0 Å². The molecular formula is C44H27NO2. The van der Waals surface area contributed by atoms with Gasteiger partial charge < -0.3 is 13.7 Å². The van der Waals surface area contributed by atoms with E-state index in [-0.39, 0.29) is 0 Å². The Balaban J connectivity index is 1.22. The molecule has 0 aliphatic heterocycles. The van der Waals surface area contributed by atoms with Crippen LogP contribution in [0.3, 0.4) is 0 Å². The molecule has 0 fully saturated rings. The predicted octanol–water partition coefficient (Wildman–Crippen LogP) is 12.9. The van der Waals surface area contributed by atoms with E-state index in [4.69, 9.17) is 8.83 Å². The van der Waals surface area contributed by atoms with Gasteiger partial charge in [0.2, 0.25) is 0 Å². The van der Waals surface area contributed by atoms with Crippen LogP contribution < -0.4 is 4.90 Å². The summed E-state index contributed by atoms with van der Waals surface area (Å²) in [6.45, 7) is 0. The number of nitrogens with zero attached hydrogens (tertiary/aromatic N) is 1. The van der Waals surface area contributed by atoms with Crippen molar-refractivity contribution in [1.82, 2.24) is 0 Å². The van der Waals surface area contributed by atoms with Crippen LogP contribution in [0.15, 0.2) is 173 Å². The molecular weight excluding hydrogens is 574 g/mol. The summed E-state index contributed by atoms with van der Waals surface area (Å²) in [7, 11) is 0. The van der Waals surface area contributed by atoms with E-state index >= 15 is 0 Å². The van der Waals surface area contributed by atoms with Crippen LogP contribution in [0.4, 0.5) is 17.1 Å². The lowest BCUT2D eigenvalue weighted by Gasteiger charge is -2.26. The van der Waals surface area contributed by atoms with Crippen molar-refractivity contribution in [3.05, 3.63) is 164 Å². The van der Waals surface area contributed by atoms with Gasteiger partial charge in [0.25, 0.3) is 0 Å². The first-order chi connectivity index (χ1) is 23.3. The van der Waals surface area contributed by atoms with Gasteiger partial charge in [-0.3, -0.25) is 0 Å². The maximum absolute atomic E-state index is 6.34. The van der Waals surface area contributed by atoms with Gasteiger partial charge in [0.1, 0.15) is 22.3 Å². The topological polar surface area (TPSA) is 29.5 Å². The largest absolute Gasteiger partial charge is 0.456 e. The number of furan rings is 2. The van der Waals surface area contributed by atoms with Gasteiger partial charge in [-0.1, -0.05) is 97.1 Å². The Bertz CT molecular complexity index is 2810. The summed E-state index contributed by atoms with van der Waals surface area (Å²) in [6.07, 6.45) is 0. The van der Waals surface area contributed by atoms with Crippen molar-refractivity contribution in [2.45, 2.75) is 0 Å². The van der Waals surface area contributed by atoms with Crippen LogP contribution >= 0.6 is 0 Å². The third kappa shape index (κ3) is 4.07. The first-order valence-electron chi connectivity index (χ1n) is 15.9. The lowest BCUT2D eigenvalue weighted by molar-refractivity contribution is 0.668. The third-order valence-corrected chi connectivity index (χ3v) is 9.41. The highest BCUT2D eigenvalue weighted by Crippen LogP contribution is 2.43. The van der Waals surface area contributed by atoms with Crippen LogP contribution in [0.2, 0.25) is 0 Å². The molecule has 0 aliphatic rings. The van der Waals surface area contributed by atoms with E-state index in [9.17, 15) is 0 Å². The normalized spacial score (nSPS) is 11.8. The van der Waals surface area contributed by atoms with Crippen molar-refractivity contribution in [2.75, 3.05) is 4.90 Å². The van der Waals surface area contributed by atoms with Gasteiger partial charge in [0.15, 0.2) is 0 Å². The summed E-state index contributed by atoms with van der Waals surface area (Å²) >= 11 is 0. The highest BCUT2D eigenvalue weighted by atomic mass is 16.3. The molecule has 8 aromatic carbocycles. The van der Waals surface area contributed by atoms with Crippen molar-refractivity contribution in [3.63, 3.8) is 0 Å². The van der Waals surface area contributed by atoms with Crippen LogP contribution in [0, 0.1) is 0 Å². The zero-order valence-corrected chi connectivity index (χ0v) is 25.4. The van der Waals surface area contributed by atoms with E-state index < -0.39 is 0 Å². The molecule has 47 heavy (non-hydrogen) atoms. The second-order valence-electron chi connectivity index (χ2n) is 12.1. The van der Waals surface area contributed by atoms with Gasteiger partial charge in [-0.15, -0.1) is 0 Å². The molecule has 10 rings (SSSR count). The van der Waals surface area contributed by atoms with Crippen LogP contribution in [-0.2, 0) is 0 Å². The van der Waals surface area contributed by atoms with Crippen LogP contribution in [0.25, 0.3) is 76.5 Å². The highest BCUT2D eigenvalue weighted by molar-refractivity contribution is 6.19. The van der Waals surface area contributed by atoms with Crippen LogP contribution in [-0.4, -0.2) is 0 Å². The van der Waals surface area contributed by atoms with Crippen LogP contribution in [0.5, 0.6) is 0 Å². The van der Waals surface area contributed by atoms with E-state index in [2.05, 4.69) is 144 Å². The molecule has 0 N–H and O–H groups in total. The van der Waals surface area contributed by atoms with Gasteiger partial charge in [-0.05, 0) is 93.3 Å². The summed E-state index contributed by atoms with van der Waals surface area (Å²) in [5, 5.41) is 9.31. The van der Waals surface area contributed by atoms with Gasteiger partial charge in [0, 0.05) is 44.7 Å². The summed E-state index contributed by atoms with van der Waals surface area (Å²) in [5.74, 6) is 0. The van der Waals surface area contributed by atoms with Crippen LogP contribution in [0.1, 0.15) is 0 Å². The fourth-order valence-corrected chi connectivity index (χ4v) is 7.25. The van der Waals surface area contributed by atoms with Crippen molar-refractivity contribution in [2.24, 2.45) is 0 Å². The molecule has 0 aliphatic carbocycles. The Morgan fingerprint density at radius 2 is 1.02 bits per heavy atom. The number of rotatable bonds is 4. The van der Waals surface area contributed by atoms with E-state index in [1.165, 1.54) is 27.1 Å². The van der Waals surface area contributed by atoms with E-state index in [1.54, 1.807) is 0 Å². The summed E-state index contributed by atoms with van der Waals surface area (Å²) in [4.78, 5) is 2.32. The minimum atomic E-state index is 0.872. The molecule has 2 aromatic heterocycles. The average molecular weight is 602 g/mol. The van der Waals surface area contributed by atoms with Gasteiger partial charge in [0.05, 0.1) is 0 Å². The second-order valence-corrected chi connectivity index (χ2v) is 12.1. The predicted molar refractivity (Wildman–Crippen MR) is 196 cm³/mol. The summed E-state index contributed by atoms with van der Waals surface area (Å²) < 4.78 is 12.6. The Kier molecular flexibility index (Phi) is 5.57. The Morgan fingerprint density at radius 3 is 1.89 bits per heavy atom. The van der Waals surface area contributed by atoms with Crippen molar-refractivity contribution in [1.29, 1.82) is 0 Å². The second kappa shape index (κ2) is 10.1. The molecule has 0 saturated carbocycles. The Morgan fingerprint density at radius 1 is 0.340 bits per heavy atom. The highest BCUT2D eigenvalue weighted by Gasteiger charge is 2.18. The lowest BCUT2D eigenvalue weighted by Crippen LogP contribution is -2.10. The summed E-state index contributed by atoms with van der Waals surface area (Å²) in [5.41, 5.74) is 9.12. The molecule has 3 nitrogen and oxygen atoms in total. The minimum absolute atomic E-state index is 0.872. The monoisotopic (exact) mass is 601 g/mol. The molecule has 10 aromatic rings.